The fourth-order valence-electron chi connectivity index (χ4n) is 1.09. The molecule has 0 aromatic carbocycles. The molecule has 1 aliphatic heterocycles. The number of aliphatic imine (C=N–C) groups is 1. The lowest BCUT2D eigenvalue weighted by atomic mass is 10.2. The van der Waals surface area contributed by atoms with E-state index < -0.39 is 10.3 Å². The Hall–Kier alpha value is -0.560. The molecular formula is C7H7ClN2O2S2. The SMILES string of the molecule is Cl.NC1N=C2C=CC(=S(=O)=O)C=C2S1. The van der Waals surface area contributed by atoms with Gasteiger partial charge in [-0.25, -0.2) is 0 Å². The normalized spacial score (nSPS) is 23.5. The highest BCUT2D eigenvalue weighted by Crippen LogP contribution is 2.30. The third-order valence-electron chi connectivity index (χ3n) is 1.64. The zero-order chi connectivity index (χ0) is 9.42. The largest absolute Gasteiger partial charge is 0.301 e. The van der Waals surface area contributed by atoms with Crippen molar-refractivity contribution in [3.05, 3.63) is 23.1 Å². The monoisotopic (exact) mass is 250 g/mol. The van der Waals surface area contributed by atoms with E-state index in [4.69, 9.17) is 5.73 Å². The van der Waals surface area contributed by atoms with E-state index in [9.17, 15) is 8.42 Å². The maximum absolute atomic E-state index is 10.6. The van der Waals surface area contributed by atoms with Crippen LogP contribution in [-0.2, 0) is 10.3 Å². The highest BCUT2D eigenvalue weighted by atomic mass is 35.5. The van der Waals surface area contributed by atoms with E-state index in [0.717, 1.165) is 10.6 Å². The van der Waals surface area contributed by atoms with Gasteiger partial charge in [-0.15, -0.1) is 12.4 Å². The zero-order valence-electron chi connectivity index (χ0n) is 6.88. The van der Waals surface area contributed by atoms with Crippen LogP contribution in [0, 0.1) is 0 Å². The van der Waals surface area contributed by atoms with Crippen LogP contribution in [0.25, 0.3) is 0 Å². The van der Waals surface area contributed by atoms with Crippen molar-refractivity contribution in [2.24, 2.45) is 10.7 Å². The van der Waals surface area contributed by atoms with Crippen molar-refractivity contribution in [2.45, 2.75) is 5.50 Å². The second kappa shape index (κ2) is 4.31. The van der Waals surface area contributed by atoms with E-state index in [-0.39, 0.29) is 22.8 Å². The van der Waals surface area contributed by atoms with Gasteiger partial charge in [-0.3, -0.25) is 4.99 Å². The van der Waals surface area contributed by atoms with Gasteiger partial charge in [-0.05, 0) is 18.2 Å². The first-order chi connectivity index (χ1) is 6.16. The van der Waals surface area contributed by atoms with E-state index in [1.807, 2.05) is 0 Å². The minimum Gasteiger partial charge on any atom is -0.301 e. The van der Waals surface area contributed by atoms with Crippen molar-refractivity contribution >= 4 is 45.0 Å². The number of halogens is 1. The zero-order valence-corrected chi connectivity index (χ0v) is 9.32. The summed E-state index contributed by atoms with van der Waals surface area (Å²) in [5, 5.41) is 0. The Labute approximate surface area is 92.9 Å². The standard InChI is InChI=1S/C7H6N2O2S2.ClH/c8-7-9-5-2-1-4(13(10)11)3-6(5)12-7;/h1-3,7H,8H2;1H. The summed E-state index contributed by atoms with van der Waals surface area (Å²) >= 11 is 1.36. The Morgan fingerprint density at radius 2 is 2.14 bits per heavy atom. The minimum absolute atomic E-state index is 0. The molecule has 1 atom stereocenters. The molecule has 1 heterocycles. The Kier molecular flexibility index (Phi) is 3.54. The molecule has 1 unspecified atom stereocenters. The van der Waals surface area contributed by atoms with E-state index in [1.165, 1.54) is 17.8 Å². The van der Waals surface area contributed by atoms with Gasteiger partial charge in [0.05, 0.1) is 10.6 Å². The second-order valence-corrected chi connectivity index (χ2v) is 4.60. The van der Waals surface area contributed by atoms with Crippen LogP contribution in [0.4, 0.5) is 0 Å². The van der Waals surface area contributed by atoms with Crippen LogP contribution in [0.5, 0.6) is 0 Å². The molecule has 0 saturated carbocycles. The lowest BCUT2D eigenvalue weighted by Crippen LogP contribution is -2.07. The van der Waals surface area contributed by atoms with Crippen molar-refractivity contribution < 1.29 is 8.42 Å². The van der Waals surface area contributed by atoms with Gasteiger partial charge in [0.25, 0.3) is 0 Å². The molecule has 0 spiro atoms. The molecule has 2 aliphatic rings. The van der Waals surface area contributed by atoms with E-state index >= 15 is 0 Å². The van der Waals surface area contributed by atoms with Gasteiger partial charge in [0, 0.05) is 4.91 Å². The van der Waals surface area contributed by atoms with Crippen LogP contribution in [0.3, 0.4) is 0 Å². The molecule has 0 fully saturated rings. The van der Waals surface area contributed by atoms with E-state index in [0.29, 0.717) is 0 Å². The summed E-state index contributed by atoms with van der Waals surface area (Å²) in [5.41, 5.74) is 6.02. The topological polar surface area (TPSA) is 72.5 Å². The molecule has 0 aromatic heterocycles. The van der Waals surface area contributed by atoms with Gasteiger partial charge in [0.2, 0.25) is 10.3 Å². The first-order valence-electron chi connectivity index (χ1n) is 3.53. The molecular weight excluding hydrogens is 244 g/mol. The van der Waals surface area contributed by atoms with Crippen LogP contribution in [0.2, 0.25) is 0 Å². The minimum atomic E-state index is -2.18. The lowest BCUT2D eigenvalue weighted by molar-refractivity contribution is 0.627. The van der Waals surface area contributed by atoms with Crippen LogP contribution < -0.4 is 5.73 Å². The van der Waals surface area contributed by atoms with Crippen molar-refractivity contribution in [3.63, 3.8) is 0 Å². The third kappa shape index (κ3) is 2.09. The number of rotatable bonds is 0. The number of thioether (sulfide) groups is 1. The Bertz CT molecular complexity index is 468. The first kappa shape index (κ1) is 11.5. The van der Waals surface area contributed by atoms with Gasteiger partial charge in [-0.1, -0.05) is 11.8 Å². The fraction of sp³-hybridized carbons (Fsp3) is 0.143. The summed E-state index contributed by atoms with van der Waals surface area (Å²) in [6, 6.07) is 0. The average molecular weight is 251 g/mol. The molecule has 0 aromatic rings. The average Bonchev–Trinajstić information content (AvgIpc) is 2.42. The molecule has 0 saturated heterocycles. The molecule has 14 heavy (non-hydrogen) atoms. The van der Waals surface area contributed by atoms with Gasteiger partial charge in [-0.2, -0.15) is 8.42 Å². The van der Waals surface area contributed by atoms with Crippen LogP contribution in [-0.4, -0.2) is 24.5 Å². The molecule has 0 amide bonds. The molecule has 2 N–H and O–H groups in total. The molecule has 0 radical (unpaired) electrons. The van der Waals surface area contributed by atoms with Crippen LogP contribution >= 0.6 is 24.2 Å². The lowest BCUT2D eigenvalue weighted by Gasteiger charge is -2.01. The number of allylic oxidation sites excluding steroid dienone is 4. The highest BCUT2D eigenvalue weighted by Gasteiger charge is 2.21. The van der Waals surface area contributed by atoms with Crippen molar-refractivity contribution in [1.82, 2.24) is 0 Å². The number of nitrogens with two attached hydrogens (primary N) is 1. The van der Waals surface area contributed by atoms with Crippen LogP contribution in [0.1, 0.15) is 0 Å². The predicted molar refractivity (Wildman–Crippen MR) is 61.4 cm³/mol. The number of hydrogen-bond acceptors (Lipinski definition) is 5. The molecule has 4 nitrogen and oxygen atoms in total. The van der Waals surface area contributed by atoms with Gasteiger partial charge >= 0.3 is 0 Å². The number of nitrogens with zero attached hydrogens (tertiary/aromatic N) is 1. The second-order valence-electron chi connectivity index (χ2n) is 2.50. The molecule has 0 bridgehead atoms. The summed E-state index contributed by atoms with van der Waals surface area (Å²) in [7, 11) is -2.18. The summed E-state index contributed by atoms with van der Waals surface area (Å²) in [5.74, 6) is 0. The van der Waals surface area contributed by atoms with Crippen molar-refractivity contribution in [2.75, 3.05) is 0 Å². The fourth-order valence-corrected chi connectivity index (χ4v) is 2.42. The summed E-state index contributed by atoms with van der Waals surface area (Å²) in [6.07, 6.45) is 4.77. The third-order valence-corrected chi connectivity index (χ3v) is 3.20. The molecule has 1 aliphatic carbocycles. The Morgan fingerprint density at radius 1 is 1.43 bits per heavy atom. The van der Waals surface area contributed by atoms with Crippen molar-refractivity contribution in [1.29, 1.82) is 0 Å². The molecule has 2 rings (SSSR count). The van der Waals surface area contributed by atoms with Crippen molar-refractivity contribution in [3.8, 4) is 0 Å². The quantitative estimate of drug-likeness (QED) is 0.630. The molecule has 76 valence electrons. The molecule has 7 heteroatoms. The highest BCUT2D eigenvalue weighted by molar-refractivity contribution is 8.05. The van der Waals surface area contributed by atoms with E-state index in [1.54, 1.807) is 12.2 Å². The van der Waals surface area contributed by atoms with E-state index in [2.05, 4.69) is 4.99 Å². The Balaban J connectivity index is 0.000000980. The smallest absolute Gasteiger partial charge is 0.221 e. The van der Waals surface area contributed by atoms with Gasteiger partial charge in [0.1, 0.15) is 5.50 Å². The maximum atomic E-state index is 10.6. The maximum Gasteiger partial charge on any atom is 0.221 e. The number of fused-ring (bicyclic) bond motifs is 1. The Morgan fingerprint density at radius 3 is 2.79 bits per heavy atom. The first-order valence-corrected chi connectivity index (χ1v) is 5.49. The summed E-state index contributed by atoms with van der Waals surface area (Å²) in [6.45, 7) is 0. The van der Waals surface area contributed by atoms with Gasteiger partial charge < -0.3 is 5.73 Å². The number of hydrogen-bond donors (Lipinski definition) is 1. The van der Waals surface area contributed by atoms with Gasteiger partial charge in [0.15, 0.2) is 0 Å². The summed E-state index contributed by atoms with van der Waals surface area (Å²) < 4.78 is 21.2. The van der Waals surface area contributed by atoms with Crippen LogP contribution in [0.15, 0.2) is 28.1 Å². The predicted octanol–water partition coefficient (Wildman–Crippen LogP) is 0.344. The summed E-state index contributed by atoms with van der Waals surface area (Å²) in [4.78, 5) is 5.19.